The minimum Gasteiger partial charge on any atom is -0.462 e. The van der Waals surface area contributed by atoms with E-state index in [0.717, 1.165) is 51.4 Å². The molecule has 2 saturated carbocycles. The first-order chi connectivity index (χ1) is 14.7. The predicted molar refractivity (Wildman–Crippen MR) is 121 cm³/mol. The van der Waals surface area contributed by atoms with Gasteiger partial charge in [0.2, 0.25) is 0 Å². The molecule has 0 N–H and O–H groups in total. The summed E-state index contributed by atoms with van der Waals surface area (Å²) >= 11 is 0. The number of hydrogen-bond donors (Lipinski definition) is 0. The van der Waals surface area contributed by atoms with Gasteiger partial charge in [-0.25, -0.2) is 0 Å². The number of benzene rings is 1. The Bertz CT molecular complexity index is 714. The quantitative estimate of drug-likeness (QED) is 0.268. The molecule has 0 unspecified atom stereocenters. The van der Waals surface area contributed by atoms with Gasteiger partial charge < -0.3 is 4.74 Å². The van der Waals surface area contributed by atoms with Gasteiger partial charge in [-0.3, -0.25) is 4.79 Å². The zero-order chi connectivity index (χ0) is 21.2. The SMILES string of the molecule is CCCCCc1ccc(C2CCC(C(=O)OC3CCC(/C=C/C#N)CC3)CC2)cc1. The third kappa shape index (κ3) is 6.73. The van der Waals surface area contributed by atoms with E-state index in [9.17, 15) is 4.79 Å². The molecule has 1 aromatic carbocycles. The molecule has 3 heteroatoms. The molecule has 2 fully saturated rings. The van der Waals surface area contributed by atoms with Gasteiger partial charge in [-0.1, -0.05) is 50.1 Å². The number of allylic oxidation sites excluding steroid dienone is 2. The molecule has 0 heterocycles. The molecule has 0 spiro atoms. The Labute approximate surface area is 182 Å². The van der Waals surface area contributed by atoms with Crippen LogP contribution in [0, 0.1) is 23.2 Å². The number of hydrogen-bond acceptors (Lipinski definition) is 3. The highest BCUT2D eigenvalue weighted by Crippen LogP contribution is 2.37. The van der Waals surface area contributed by atoms with Crippen LogP contribution >= 0.6 is 0 Å². The third-order valence-electron chi connectivity index (χ3n) is 7.03. The van der Waals surface area contributed by atoms with Crippen LogP contribution < -0.4 is 0 Å². The van der Waals surface area contributed by atoms with Crippen LogP contribution in [-0.2, 0) is 16.0 Å². The summed E-state index contributed by atoms with van der Waals surface area (Å²) in [6.07, 6.45) is 16.6. The number of ether oxygens (including phenoxy) is 1. The van der Waals surface area contributed by atoms with E-state index < -0.39 is 0 Å². The van der Waals surface area contributed by atoms with Gasteiger partial charge in [0.15, 0.2) is 0 Å². The maximum absolute atomic E-state index is 12.7. The molecule has 30 heavy (non-hydrogen) atoms. The molecule has 1 aromatic rings. The number of carbonyl (C=O) groups is 1. The van der Waals surface area contributed by atoms with Crippen molar-refractivity contribution in [3.8, 4) is 6.07 Å². The molecular formula is C27H37NO2. The Balaban J connectivity index is 1.39. The fraction of sp³-hybridized carbons (Fsp3) is 0.630. The van der Waals surface area contributed by atoms with E-state index in [1.807, 2.05) is 6.08 Å². The molecule has 3 nitrogen and oxygen atoms in total. The molecule has 0 atom stereocenters. The molecule has 2 aliphatic carbocycles. The first-order valence-corrected chi connectivity index (χ1v) is 12.0. The van der Waals surface area contributed by atoms with Gasteiger partial charge in [-0.15, -0.1) is 0 Å². The van der Waals surface area contributed by atoms with Crippen molar-refractivity contribution in [3.05, 3.63) is 47.5 Å². The van der Waals surface area contributed by atoms with Crippen LogP contribution in [-0.4, -0.2) is 12.1 Å². The van der Waals surface area contributed by atoms with Crippen LogP contribution in [0.1, 0.15) is 94.6 Å². The zero-order valence-corrected chi connectivity index (χ0v) is 18.5. The average molecular weight is 408 g/mol. The van der Waals surface area contributed by atoms with Crippen molar-refractivity contribution in [1.82, 2.24) is 0 Å². The number of carbonyl (C=O) groups excluding carboxylic acids is 1. The van der Waals surface area contributed by atoms with E-state index in [0.29, 0.717) is 11.8 Å². The lowest BCUT2D eigenvalue weighted by atomic mass is 9.78. The van der Waals surface area contributed by atoms with Crippen molar-refractivity contribution in [3.63, 3.8) is 0 Å². The Morgan fingerprint density at radius 2 is 1.73 bits per heavy atom. The summed E-state index contributed by atoms with van der Waals surface area (Å²) < 4.78 is 5.86. The van der Waals surface area contributed by atoms with E-state index in [-0.39, 0.29) is 18.0 Å². The molecule has 0 amide bonds. The van der Waals surface area contributed by atoms with Gasteiger partial charge in [-0.2, -0.15) is 5.26 Å². The number of rotatable bonds is 8. The number of esters is 1. The Hall–Kier alpha value is -2.08. The molecular weight excluding hydrogens is 370 g/mol. The minimum absolute atomic E-state index is 0.0238. The van der Waals surface area contributed by atoms with E-state index in [2.05, 4.69) is 37.3 Å². The van der Waals surface area contributed by atoms with Crippen LogP contribution in [0.15, 0.2) is 36.4 Å². The summed E-state index contributed by atoms with van der Waals surface area (Å²) in [6.45, 7) is 2.25. The lowest BCUT2D eigenvalue weighted by molar-refractivity contribution is -0.157. The summed E-state index contributed by atoms with van der Waals surface area (Å²) in [5, 5.41) is 8.65. The van der Waals surface area contributed by atoms with E-state index in [1.54, 1.807) is 6.08 Å². The minimum atomic E-state index is 0.0238. The number of aryl methyl sites for hydroxylation is 1. The van der Waals surface area contributed by atoms with Crippen LogP contribution in [0.3, 0.4) is 0 Å². The highest BCUT2D eigenvalue weighted by atomic mass is 16.5. The van der Waals surface area contributed by atoms with Gasteiger partial charge in [0.25, 0.3) is 0 Å². The molecule has 0 saturated heterocycles. The van der Waals surface area contributed by atoms with Crippen molar-refractivity contribution >= 4 is 5.97 Å². The van der Waals surface area contributed by atoms with Crippen molar-refractivity contribution in [2.24, 2.45) is 11.8 Å². The molecule has 0 aliphatic heterocycles. The molecule has 162 valence electrons. The summed E-state index contributed by atoms with van der Waals surface area (Å²) in [5.41, 5.74) is 2.88. The second-order valence-electron chi connectivity index (χ2n) is 9.21. The maximum atomic E-state index is 12.7. The largest absolute Gasteiger partial charge is 0.462 e. The number of nitrogens with zero attached hydrogens (tertiary/aromatic N) is 1. The molecule has 0 aromatic heterocycles. The van der Waals surface area contributed by atoms with Gasteiger partial charge in [0, 0.05) is 6.08 Å². The van der Waals surface area contributed by atoms with Crippen LogP contribution in [0.5, 0.6) is 0 Å². The second-order valence-corrected chi connectivity index (χ2v) is 9.21. The third-order valence-corrected chi connectivity index (χ3v) is 7.03. The highest BCUT2D eigenvalue weighted by molar-refractivity contribution is 5.72. The van der Waals surface area contributed by atoms with Crippen LogP contribution in [0.4, 0.5) is 0 Å². The second kappa shape index (κ2) is 11.9. The molecule has 3 rings (SSSR count). The summed E-state index contributed by atoms with van der Waals surface area (Å²) in [6, 6.07) is 11.3. The fourth-order valence-electron chi connectivity index (χ4n) is 5.04. The Morgan fingerprint density at radius 1 is 1.03 bits per heavy atom. The molecule has 0 radical (unpaired) electrons. The molecule has 2 aliphatic rings. The lowest BCUT2D eigenvalue weighted by Gasteiger charge is -2.31. The molecule has 0 bridgehead atoms. The van der Waals surface area contributed by atoms with E-state index >= 15 is 0 Å². The highest BCUT2D eigenvalue weighted by Gasteiger charge is 2.30. The Kier molecular flexibility index (Phi) is 9.00. The monoisotopic (exact) mass is 407 g/mol. The Morgan fingerprint density at radius 3 is 2.37 bits per heavy atom. The first-order valence-electron chi connectivity index (χ1n) is 12.0. The van der Waals surface area contributed by atoms with Crippen LogP contribution in [0.2, 0.25) is 0 Å². The van der Waals surface area contributed by atoms with Crippen molar-refractivity contribution in [2.75, 3.05) is 0 Å². The number of unbranched alkanes of at least 4 members (excludes halogenated alkanes) is 2. The normalized spacial score (nSPS) is 26.9. The number of nitriles is 1. The summed E-state index contributed by atoms with van der Waals surface area (Å²) in [5.74, 6) is 1.15. The maximum Gasteiger partial charge on any atom is 0.309 e. The average Bonchev–Trinajstić information content (AvgIpc) is 2.79. The van der Waals surface area contributed by atoms with Gasteiger partial charge in [0.1, 0.15) is 6.10 Å². The standard InChI is InChI=1S/C27H37NO2/c1-2-3-4-6-21-8-12-23(13-9-21)24-14-16-25(17-15-24)27(29)30-26-18-10-22(11-19-26)7-5-20-28/h5,7-9,12-13,22,24-26H,2-4,6,10-11,14-19H2,1H3/b7-5+. The summed E-state index contributed by atoms with van der Waals surface area (Å²) in [7, 11) is 0. The summed E-state index contributed by atoms with van der Waals surface area (Å²) in [4.78, 5) is 12.7. The van der Waals surface area contributed by atoms with E-state index in [4.69, 9.17) is 10.00 Å². The van der Waals surface area contributed by atoms with Crippen molar-refractivity contribution in [1.29, 1.82) is 5.26 Å². The van der Waals surface area contributed by atoms with E-state index in [1.165, 1.54) is 36.8 Å². The van der Waals surface area contributed by atoms with Gasteiger partial charge in [-0.05, 0) is 87.2 Å². The van der Waals surface area contributed by atoms with Gasteiger partial charge >= 0.3 is 5.97 Å². The van der Waals surface area contributed by atoms with Gasteiger partial charge in [0.05, 0.1) is 12.0 Å². The van der Waals surface area contributed by atoms with Crippen LogP contribution in [0.25, 0.3) is 0 Å². The van der Waals surface area contributed by atoms with Crippen molar-refractivity contribution in [2.45, 2.75) is 96.0 Å². The fourth-order valence-corrected chi connectivity index (χ4v) is 5.04. The smallest absolute Gasteiger partial charge is 0.309 e. The zero-order valence-electron chi connectivity index (χ0n) is 18.5. The first kappa shape index (κ1) is 22.6. The van der Waals surface area contributed by atoms with Crippen molar-refractivity contribution < 1.29 is 9.53 Å². The lowest BCUT2D eigenvalue weighted by Crippen LogP contribution is -2.29. The topological polar surface area (TPSA) is 50.1 Å². The predicted octanol–water partition coefficient (Wildman–Crippen LogP) is 6.87.